The summed E-state index contributed by atoms with van der Waals surface area (Å²) in [5.74, 6) is 1.15. The van der Waals surface area contributed by atoms with Gasteiger partial charge in [-0.15, -0.1) is 0 Å². The smallest absolute Gasteiger partial charge is 0.185 e. The summed E-state index contributed by atoms with van der Waals surface area (Å²) in [5.41, 5.74) is 9.60. The summed E-state index contributed by atoms with van der Waals surface area (Å²) in [4.78, 5) is 0. The number of aryl methyl sites for hydroxylation is 2. The zero-order valence-corrected chi connectivity index (χ0v) is 12.8. The molecule has 0 unspecified atom stereocenters. The van der Waals surface area contributed by atoms with Crippen LogP contribution in [0, 0.1) is 13.8 Å². The minimum atomic E-state index is 0.635. The highest BCUT2D eigenvalue weighted by molar-refractivity contribution is 7.98. The largest absolute Gasteiger partial charge is 0.361 e. The van der Waals surface area contributed by atoms with E-state index in [1.165, 1.54) is 11.1 Å². The predicted octanol–water partition coefficient (Wildman–Crippen LogP) is 2.85. The van der Waals surface area contributed by atoms with E-state index in [9.17, 15) is 0 Å². The highest BCUT2D eigenvalue weighted by Crippen LogP contribution is 2.12. The van der Waals surface area contributed by atoms with Crippen molar-refractivity contribution in [1.29, 1.82) is 0 Å². The lowest BCUT2D eigenvalue weighted by atomic mass is 10.1. The number of hydrazine groups is 1. The number of hydrogen-bond donors (Lipinski definition) is 3. The summed E-state index contributed by atoms with van der Waals surface area (Å²) in [6.45, 7) is 5.07. The first-order valence-electron chi connectivity index (χ1n) is 5.99. The topological polar surface area (TPSA) is 36.1 Å². The summed E-state index contributed by atoms with van der Waals surface area (Å²) in [7, 11) is 0. The molecule has 3 N–H and O–H groups in total. The number of rotatable bonds is 6. The Bertz CT molecular complexity index is 374. The van der Waals surface area contributed by atoms with E-state index in [0.717, 1.165) is 24.4 Å². The van der Waals surface area contributed by atoms with E-state index >= 15 is 0 Å². The summed E-state index contributed by atoms with van der Waals surface area (Å²) in [5, 5.41) is 3.80. The molecule has 0 saturated carbocycles. The Kier molecular flexibility index (Phi) is 6.90. The van der Waals surface area contributed by atoms with Crippen LogP contribution in [-0.2, 0) is 0 Å². The second-order valence-electron chi connectivity index (χ2n) is 4.23. The van der Waals surface area contributed by atoms with Gasteiger partial charge in [0.2, 0.25) is 0 Å². The molecule has 3 nitrogen and oxygen atoms in total. The van der Waals surface area contributed by atoms with Gasteiger partial charge in [0.05, 0.1) is 5.69 Å². The van der Waals surface area contributed by atoms with Crippen LogP contribution in [0.2, 0.25) is 0 Å². The van der Waals surface area contributed by atoms with E-state index in [1.807, 2.05) is 11.8 Å². The normalized spacial score (nSPS) is 9.94. The van der Waals surface area contributed by atoms with Crippen molar-refractivity contribution in [3.63, 3.8) is 0 Å². The monoisotopic (exact) mass is 283 g/mol. The lowest BCUT2D eigenvalue weighted by Gasteiger charge is -2.13. The number of nitrogens with one attached hydrogen (secondary N) is 3. The Morgan fingerprint density at radius 3 is 2.50 bits per heavy atom. The van der Waals surface area contributed by atoms with Crippen molar-refractivity contribution in [3.05, 3.63) is 29.3 Å². The van der Waals surface area contributed by atoms with Gasteiger partial charge < -0.3 is 5.32 Å². The van der Waals surface area contributed by atoms with Gasteiger partial charge in [0.15, 0.2) is 5.11 Å². The third-order valence-corrected chi connectivity index (χ3v) is 3.30. The molecule has 0 aromatic heterocycles. The zero-order valence-electron chi connectivity index (χ0n) is 11.2. The SMILES string of the molecule is CSCCCNC(=S)NNc1cc(C)cc(C)c1. The van der Waals surface area contributed by atoms with Gasteiger partial charge in [-0.25, -0.2) is 0 Å². The molecule has 100 valence electrons. The lowest BCUT2D eigenvalue weighted by molar-refractivity contribution is 0.833. The van der Waals surface area contributed by atoms with Gasteiger partial charge in [-0.2, -0.15) is 11.8 Å². The lowest BCUT2D eigenvalue weighted by Crippen LogP contribution is -2.39. The molecule has 1 rings (SSSR count). The number of thiocarbonyl (C=S) groups is 1. The second kappa shape index (κ2) is 8.21. The van der Waals surface area contributed by atoms with Crippen LogP contribution < -0.4 is 16.2 Å². The van der Waals surface area contributed by atoms with Crippen molar-refractivity contribution in [2.45, 2.75) is 20.3 Å². The van der Waals surface area contributed by atoms with Crippen LogP contribution in [0.25, 0.3) is 0 Å². The molecule has 0 bridgehead atoms. The Hall–Kier alpha value is -0.940. The Balaban J connectivity index is 2.29. The molecule has 0 saturated heterocycles. The number of thioether (sulfide) groups is 1. The number of benzene rings is 1. The summed E-state index contributed by atoms with van der Waals surface area (Å²) < 4.78 is 0. The molecule has 0 fully saturated rings. The van der Waals surface area contributed by atoms with E-state index in [0.29, 0.717) is 5.11 Å². The van der Waals surface area contributed by atoms with Crippen LogP contribution in [0.3, 0.4) is 0 Å². The molecule has 1 aromatic rings. The number of anilines is 1. The summed E-state index contributed by atoms with van der Waals surface area (Å²) in [6, 6.07) is 6.30. The van der Waals surface area contributed by atoms with Crippen LogP contribution in [-0.4, -0.2) is 23.7 Å². The molecule has 1 aromatic carbocycles. The van der Waals surface area contributed by atoms with Gasteiger partial charge in [-0.3, -0.25) is 10.9 Å². The maximum absolute atomic E-state index is 5.18. The second-order valence-corrected chi connectivity index (χ2v) is 5.62. The first-order valence-corrected chi connectivity index (χ1v) is 7.79. The molecule has 0 spiro atoms. The number of hydrogen-bond acceptors (Lipinski definition) is 3. The average Bonchev–Trinajstić information content (AvgIpc) is 2.31. The molecule has 0 aliphatic heterocycles. The van der Waals surface area contributed by atoms with Crippen molar-refractivity contribution >= 4 is 34.8 Å². The van der Waals surface area contributed by atoms with E-state index in [1.54, 1.807) is 0 Å². The highest BCUT2D eigenvalue weighted by Gasteiger charge is 1.97. The van der Waals surface area contributed by atoms with Crippen molar-refractivity contribution in [2.75, 3.05) is 24.0 Å². The van der Waals surface area contributed by atoms with Crippen LogP contribution in [0.1, 0.15) is 17.5 Å². The first-order chi connectivity index (χ1) is 8.61. The third kappa shape index (κ3) is 6.12. The third-order valence-electron chi connectivity index (χ3n) is 2.35. The van der Waals surface area contributed by atoms with Crippen LogP contribution >= 0.6 is 24.0 Å². The first kappa shape index (κ1) is 15.1. The predicted molar refractivity (Wildman–Crippen MR) is 86.3 cm³/mol. The van der Waals surface area contributed by atoms with Crippen molar-refractivity contribution in [3.8, 4) is 0 Å². The molecule has 0 radical (unpaired) electrons. The summed E-state index contributed by atoms with van der Waals surface area (Å²) in [6.07, 6.45) is 3.23. The van der Waals surface area contributed by atoms with E-state index in [4.69, 9.17) is 12.2 Å². The van der Waals surface area contributed by atoms with Crippen LogP contribution in [0.15, 0.2) is 18.2 Å². The van der Waals surface area contributed by atoms with Gasteiger partial charge in [-0.1, -0.05) is 6.07 Å². The molecule has 0 aliphatic carbocycles. The molecular formula is C13H21N3S2. The van der Waals surface area contributed by atoms with Gasteiger partial charge in [0.1, 0.15) is 0 Å². The van der Waals surface area contributed by atoms with Crippen molar-refractivity contribution in [2.24, 2.45) is 0 Å². The van der Waals surface area contributed by atoms with Crippen molar-refractivity contribution < 1.29 is 0 Å². The Morgan fingerprint density at radius 2 is 1.89 bits per heavy atom. The maximum Gasteiger partial charge on any atom is 0.185 e. The standard InChI is InChI=1S/C13H21N3S2/c1-10-7-11(2)9-12(8-10)15-16-13(17)14-5-4-6-18-3/h7-9,15H,4-6H2,1-3H3,(H2,14,16,17). The highest BCUT2D eigenvalue weighted by atomic mass is 32.2. The average molecular weight is 283 g/mol. The molecule has 0 heterocycles. The van der Waals surface area contributed by atoms with E-state index < -0.39 is 0 Å². The molecule has 5 heteroatoms. The fourth-order valence-electron chi connectivity index (χ4n) is 1.64. The minimum absolute atomic E-state index is 0.635. The van der Waals surface area contributed by atoms with E-state index in [2.05, 4.69) is 54.5 Å². The van der Waals surface area contributed by atoms with Gasteiger partial charge in [-0.05, 0) is 67.8 Å². The van der Waals surface area contributed by atoms with Crippen LogP contribution in [0.5, 0.6) is 0 Å². The Morgan fingerprint density at radius 1 is 1.22 bits per heavy atom. The molecule has 0 atom stereocenters. The molecule has 0 aliphatic rings. The van der Waals surface area contributed by atoms with Crippen LogP contribution in [0.4, 0.5) is 5.69 Å². The molecule has 18 heavy (non-hydrogen) atoms. The Labute approximate surface area is 119 Å². The minimum Gasteiger partial charge on any atom is -0.361 e. The van der Waals surface area contributed by atoms with Gasteiger partial charge in [0.25, 0.3) is 0 Å². The summed E-state index contributed by atoms with van der Waals surface area (Å²) >= 11 is 7.02. The van der Waals surface area contributed by atoms with E-state index in [-0.39, 0.29) is 0 Å². The van der Waals surface area contributed by atoms with Gasteiger partial charge >= 0.3 is 0 Å². The zero-order chi connectivity index (χ0) is 13.4. The molecular weight excluding hydrogens is 262 g/mol. The van der Waals surface area contributed by atoms with Gasteiger partial charge in [0, 0.05) is 6.54 Å². The van der Waals surface area contributed by atoms with Crippen molar-refractivity contribution in [1.82, 2.24) is 10.7 Å². The quantitative estimate of drug-likeness (QED) is 0.425. The fourth-order valence-corrected chi connectivity index (χ4v) is 2.22. The maximum atomic E-state index is 5.18. The molecule has 0 amide bonds. The fraction of sp³-hybridized carbons (Fsp3) is 0.462.